The van der Waals surface area contributed by atoms with Gasteiger partial charge in [-0.1, -0.05) is 6.92 Å². The molecule has 72 valence electrons. The number of carbonyl (C=O) groups is 1. The summed E-state index contributed by atoms with van der Waals surface area (Å²) in [6.07, 6.45) is 2.52. The molecule has 4 nitrogen and oxygen atoms in total. The molecule has 1 aromatic carbocycles. The molecule has 14 heavy (non-hydrogen) atoms. The average molecular weight is 190 g/mol. The van der Waals surface area contributed by atoms with Gasteiger partial charge >= 0.3 is 5.97 Å². The number of aromatic nitrogens is 2. The molecular weight excluding hydrogens is 180 g/mol. The number of aryl methyl sites for hydroxylation is 1. The summed E-state index contributed by atoms with van der Waals surface area (Å²) in [5.41, 5.74) is 2.09. The first-order valence-electron chi connectivity index (χ1n) is 4.41. The third kappa shape index (κ3) is 1.25. The van der Waals surface area contributed by atoms with E-state index in [1.165, 1.54) is 0 Å². The number of nitrogens with zero attached hydrogens (tertiary/aromatic N) is 1. The Kier molecular flexibility index (Phi) is 1.96. The fourth-order valence-electron chi connectivity index (χ4n) is 1.54. The second-order valence-corrected chi connectivity index (χ2v) is 3.13. The summed E-state index contributed by atoms with van der Waals surface area (Å²) in [6.45, 7) is 1.99. The van der Waals surface area contributed by atoms with Crippen LogP contribution >= 0.6 is 0 Å². The third-order valence-corrected chi connectivity index (χ3v) is 2.27. The third-order valence-electron chi connectivity index (χ3n) is 2.27. The van der Waals surface area contributed by atoms with Gasteiger partial charge in [-0.25, -0.2) is 4.79 Å². The Morgan fingerprint density at radius 3 is 3.00 bits per heavy atom. The number of benzene rings is 1. The van der Waals surface area contributed by atoms with Gasteiger partial charge in [0.15, 0.2) is 0 Å². The predicted molar refractivity (Wildman–Crippen MR) is 52.4 cm³/mol. The van der Waals surface area contributed by atoms with E-state index >= 15 is 0 Å². The zero-order valence-corrected chi connectivity index (χ0v) is 7.74. The first-order valence-corrected chi connectivity index (χ1v) is 4.41. The van der Waals surface area contributed by atoms with Gasteiger partial charge in [-0.05, 0) is 24.1 Å². The summed E-state index contributed by atoms with van der Waals surface area (Å²) >= 11 is 0. The number of carboxylic acids is 1. The number of fused-ring (bicyclic) bond motifs is 1. The lowest BCUT2D eigenvalue weighted by molar-refractivity contribution is 0.0697. The number of aromatic amines is 1. The zero-order valence-electron chi connectivity index (χ0n) is 7.74. The molecule has 0 aliphatic rings. The molecule has 0 amide bonds. The number of carboxylic acid groups (broad SMARTS) is 1. The minimum atomic E-state index is -0.906. The molecule has 0 aliphatic heterocycles. The van der Waals surface area contributed by atoms with Crippen LogP contribution in [0.2, 0.25) is 0 Å². The first-order chi connectivity index (χ1) is 6.72. The highest BCUT2D eigenvalue weighted by Crippen LogP contribution is 2.19. The Hall–Kier alpha value is -1.84. The van der Waals surface area contributed by atoms with Gasteiger partial charge in [0.1, 0.15) is 0 Å². The lowest BCUT2D eigenvalue weighted by atomic mass is 10.0. The van der Waals surface area contributed by atoms with E-state index < -0.39 is 5.97 Å². The van der Waals surface area contributed by atoms with Gasteiger partial charge in [-0.15, -0.1) is 0 Å². The molecule has 0 aliphatic carbocycles. The van der Waals surface area contributed by atoms with Crippen molar-refractivity contribution in [3.8, 4) is 0 Å². The molecule has 2 aromatic rings. The van der Waals surface area contributed by atoms with Crippen molar-refractivity contribution in [2.24, 2.45) is 0 Å². The second kappa shape index (κ2) is 3.14. The Morgan fingerprint density at radius 1 is 1.57 bits per heavy atom. The van der Waals surface area contributed by atoms with Crippen molar-refractivity contribution in [2.45, 2.75) is 13.3 Å². The van der Waals surface area contributed by atoms with Crippen molar-refractivity contribution in [1.82, 2.24) is 10.2 Å². The topological polar surface area (TPSA) is 66.0 Å². The molecule has 2 N–H and O–H groups in total. The smallest absolute Gasteiger partial charge is 0.335 e. The van der Waals surface area contributed by atoms with Gasteiger partial charge < -0.3 is 5.11 Å². The fourth-order valence-corrected chi connectivity index (χ4v) is 1.54. The Bertz CT molecular complexity index is 488. The van der Waals surface area contributed by atoms with Crippen LogP contribution in [0.4, 0.5) is 0 Å². The maximum atomic E-state index is 10.8. The number of hydrogen-bond acceptors (Lipinski definition) is 2. The largest absolute Gasteiger partial charge is 0.478 e. The van der Waals surface area contributed by atoms with E-state index in [4.69, 9.17) is 5.11 Å². The molecular formula is C10H10N2O2. The minimum absolute atomic E-state index is 0.304. The van der Waals surface area contributed by atoms with Crippen LogP contribution in [0.25, 0.3) is 10.9 Å². The van der Waals surface area contributed by atoms with Crippen molar-refractivity contribution in [3.05, 3.63) is 29.5 Å². The predicted octanol–water partition coefficient (Wildman–Crippen LogP) is 1.82. The quantitative estimate of drug-likeness (QED) is 0.759. The summed E-state index contributed by atoms with van der Waals surface area (Å²) < 4.78 is 0. The standard InChI is InChI=1S/C10H10N2O2/c1-2-6-3-7(10(13)14)4-9-8(6)5-11-12-9/h3-5H,2H2,1H3,(H,11,12)(H,13,14). The van der Waals surface area contributed by atoms with E-state index in [0.717, 1.165) is 22.9 Å². The van der Waals surface area contributed by atoms with E-state index in [-0.39, 0.29) is 0 Å². The van der Waals surface area contributed by atoms with E-state index in [1.54, 1.807) is 18.3 Å². The zero-order chi connectivity index (χ0) is 10.1. The van der Waals surface area contributed by atoms with Crippen molar-refractivity contribution in [1.29, 1.82) is 0 Å². The van der Waals surface area contributed by atoms with Gasteiger partial charge in [-0.3, -0.25) is 5.10 Å². The number of aromatic carboxylic acids is 1. The van der Waals surface area contributed by atoms with Crippen molar-refractivity contribution in [3.63, 3.8) is 0 Å². The summed E-state index contributed by atoms with van der Waals surface area (Å²) in [6, 6.07) is 3.30. The molecule has 0 saturated carbocycles. The van der Waals surface area contributed by atoms with Gasteiger partial charge in [0, 0.05) is 5.39 Å². The molecule has 1 heterocycles. The Morgan fingerprint density at radius 2 is 2.36 bits per heavy atom. The minimum Gasteiger partial charge on any atom is -0.478 e. The monoisotopic (exact) mass is 190 g/mol. The Labute approximate surface area is 80.6 Å². The van der Waals surface area contributed by atoms with Crippen LogP contribution in [-0.2, 0) is 6.42 Å². The van der Waals surface area contributed by atoms with Crippen molar-refractivity contribution < 1.29 is 9.90 Å². The van der Waals surface area contributed by atoms with E-state index in [2.05, 4.69) is 10.2 Å². The van der Waals surface area contributed by atoms with Gasteiger partial charge in [0.05, 0.1) is 17.3 Å². The van der Waals surface area contributed by atoms with Crippen molar-refractivity contribution >= 4 is 16.9 Å². The van der Waals surface area contributed by atoms with E-state index in [0.29, 0.717) is 5.56 Å². The number of rotatable bonds is 2. The molecule has 0 spiro atoms. The lowest BCUT2D eigenvalue weighted by Gasteiger charge is -2.01. The summed E-state index contributed by atoms with van der Waals surface area (Å²) in [5, 5.41) is 16.5. The van der Waals surface area contributed by atoms with E-state index in [9.17, 15) is 4.79 Å². The van der Waals surface area contributed by atoms with Gasteiger partial charge in [0.2, 0.25) is 0 Å². The van der Waals surface area contributed by atoms with Crippen LogP contribution in [-0.4, -0.2) is 21.3 Å². The number of nitrogens with one attached hydrogen (secondary N) is 1. The molecule has 0 fully saturated rings. The molecule has 1 aromatic heterocycles. The van der Waals surface area contributed by atoms with Crippen LogP contribution in [0.5, 0.6) is 0 Å². The maximum absolute atomic E-state index is 10.8. The Balaban J connectivity index is 2.73. The maximum Gasteiger partial charge on any atom is 0.335 e. The molecule has 0 bridgehead atoms. The van der Waals surface area contributed by atoms with Crippen molar-refractivity contribution in [2.75, 3.05) is 0 Å². The number of hydrogen-bond donors (Lipinski definition) is 2. The normalized spacial score (nSPS) is 10.6. The summed E-state index contributed by atoms with van der Waals surface area (Å²) in [4.78, 5) is 10.8. The fraction of sp³-hybridized carbons (Fsp3) is 0.200. The highest BCUT2D eigenvalue weighted by molar-refractivity contribution is 5.94. The van der Waals surface area contributed by atoms with Crippen LogP contribution in [0.15, 0.2) is 18.3 Å². The van der Waals surface area contributed by atoms with Crippen LogP contribution in [0.3, 0.4) is 0 Å². The van der Waals surface area contributed by atoms with Crippen LogP contribution in [0, 0.1) is 0 Å². The molecule has 0 saturated heterocycles. The highest BCUT2D eigenvalue weighted by Gasteiger charge is 2.08. The molecule has 0 radical (unpaired) electrons. The summed E-state index contributed by atoms with van der Waals surface area (Å²) in [7, 11) is 0. The SMILES string of the molecule is CCc1cc(C(=O)O)cc2[nH]ncc12. The molecule has 2 rings (SSSR count). The van der Waals surface area contributed by atoms with Gasteiger partial charge in [-0.2, -0.15) is 5.10 Å². The summed E-state index contributed by atoms with van der Waals surface area (Å²) in [5.74, 6) is -0.906. The van der Waals surface area contributed by atoms with Crippen LogP contribution < -0.4 is 0 Å². The van der Waals surface area contributed by atoms with E-state index in [1.807, 2.05) is 6.92 Å². The molecule has 0 unspecified atom stereocenters. The number of H-pyrrole nitrogens is 1. The van der Waals surface area contributed by atoms with Gasteiger partial charge in [0.25, 0.3) is 0 Å². The lowest BCUT2D eigenvalue weighted by Crippen LogP contribution is -1.97. The first kappa shape index (κ1) is 8.74. The highest BCUT2D eigenvalue weighted by atomic mass is 16.4. The van der Waals surface area contributed by atoms with Crippen LogP contribution in [0.1, 0.15) is 22.8 Å². The molecule has 4 heteroatoms. The average Bonchev–Trinajstić information content (AvgIpc) is 2.63. The molecule has 0 atom stereocenters. The second-order valence-electron chi connectivity index (χ2n) is 3.13.